The monoisotopic (exact) mass is 366 g/mol. The Bertz CT molecular complexity index is 757. The van der Waals surface area contributed by atoms with Gasteiger partial charge in [-0.15, -0.1) is 0 Å². The van der Waals surface area contributed by atoms with E-state index < -0.39 is 18.6 Å². The van der Waals surface area contributed by atoms with E-state index in [2.05, 4.69) is 5.32 Å². The first-order chi connectivity index (χ1) is 12.3. The van der Waals surface area contributed by atoms with Gasteiger partial charge in [-0.2, -0.15) is 13.2 Å². The maximum Gasteiger partial charge on any atom is 0.405 e. The number of rotatable bonds is 6. The first-order valence-corrected chi connectivity index (χ1v) is 7.64. The van der Waals surface area contributed by atoms with Gasteiger partial charge in [0.25, 0.3) is 5.91 Å². The number of nitrogens with one attached hydrogen (secondary N) is 2. The molecule has 0 saturated carbocycles. The Hall–Kier alpha value is -3.03. The lowest BCUT2D eigenvalue weighted by Gasteiger charge is -2.09. The maximum absolute atomic E-state index is 12.1. The third-order valence-corrected chi connectivity index (χ3v) is 3.41. The second-order valence-electron chi connectivity index (χ2n) is 5.45. The Morgan fingerprint density at radius 1 is 1.00 bits per heavy atom. The molecule has 0 aliphatic heterocycles. The van der Waals surface area contributed by atoms with Gasteiger partial charge in [0.05, 0.1) is 13.5 Å². The first-order valence-electron chi connectivity index (χ1n) is 7.64. The molecule has 0 aliphatic carbocycles. The summed E-state index contributed by atoms with van der Waals surface area (Å²) in [5, 5.41) is 4.50. The van der Waals surface area contributed by atoms with Crippen molar-refractivity contribution in [3.63, 3.8) is 0 Å². The molecule has 0 radical (unpaired) electrons. The van der Waals surface area contributed by atoms with E-state index in [1.165, 1.54) is 7.11 Å². The molecule has 2 aromatic rings. The molecule has 0 saturated heterocycles. The van der Waals surface area contributed by atoms with Crippen LogP contribution in [-0.4, -0.2) is 31.6 Å². The van der Waals surface area contributed by atoms with Crippen molar-refractivity contribution in [1.29, 1.82) is 0 Å². The van der Waals surface area contributed by atoms with E-state index >= 15 is 0 Å². The van der Waals surface area contributed by atoms with Gasteiger partial charge in [0.15, 0.2) is 0 Å². The summed E-state index contributed by atoms with van der Waals surface area (Å²) in [4.78, 5) is 23.6. The Morgan fingerprint density at radius 2 is 1.62 bits per heavy atom. The molecule has 0 heterocycles. The fraction of sp³-hybridized carbons (Fsp3) is 0.222. The minimum atomic E-state index is -4.44. The highest BCUT2D eigenvalue weighted by Gasteiger charge is 2.27. The van der Waals surface area contributed by atoms with E-state index in [0.717, 1.165) is 0 Å². The molecule has 26 heavy (non-hydrogen) atoms. The summed E-state index contributed by atoms with van der Waals surface area (Å²) in [6, 6.07) is 12.9. The summed E-state index contributed by atoms with van der Waals surface area (Å²) in [6.45, 7) is -1.36. The highest BCUT2D eigenvalue weighted by molar-refractivity contribution is 6.04. The van der Waals surface area contributed by atoms with E-state index in [9.17, 15) is 22.8 Å². The van der Waals surface area contributed by atoms with Gasteiger partial charge in [-0.1, -0.05) is 12.1 Å². The molecule has 0 unspecified atom stereocenters. The number of ether oxygens (including phenoxy) is 1. The van der Waals surface area contributed by atoms with Crippen molar-refractivity contribution in [2.24, 2.45) is 0 Å². The van der Waals surface area contributed by atoms with Gasteiger partial charge in [0.2, 0.25) is 5.91 Å². The third-order valence-electron chi connectivity index (χ3n) is 3.41. The molecule has 2 aromatic carbocycles. The van der Waals surface area contributed by atoms with Crippen molar-refractivity contribution in [2.45, 2.75) is 12.6 Å². The van der Waals surface area contributed by atoms with E-state index in [4.69, 9.17) is 4.74 Å². The van der Waals surface area contributed by atoms with Crippen molar-refractivity contribution in [2.75, 3.05) is 19.0 Å². The number of carbonyl (C=O) groups is 2. The summed E-state index contributed by atoms with van der Waals surface area (Å²) in [5.41, 5.74) is 1.48. The molecule has 0 fully saturated rings. The number of halogens is 3. The average molecular weight is 366 g/mol. The number of methoxy groups -OCH3 is 1. The molecule has 0 aromatic heterocycles. The van der Waals surface area contributed by atoms with Crippen molar-refractivity contribution < 1.29 is 27.5 Å². The number of alkyl halides is 3. The second kappa shape index (κ2) is 8.37. The van der Waals surface area contributed by atoms with Gasteiger partial charge < -0.3 is 15.4 Å². The van der Waals surface area contributed by atoms with Gasteiger partial charge >= 0.3 is 6.18 Å². The normalized spacial score (nSPS) is 10.9. The number of amides is 2. The SMILES string of the molecule is COc1ccc(C(=O)Nc2ccc(CC(=O)NCC(F)(F)F)cc2)cc1. The highest BCUT2D eigenvalue weighted by atomic mass is 19.4. The molecule has 0 spiro atoms. The van der Waals surface area contributed by atoms with Gasteiger partial charge in [0, 0.05) is 11.3 Å². The Labute approximate surface area is 148 Å². The van der Waals surface area contributed by atoms with Crippen LogP contribution in [0.25, 0.3) is 0 Å². The summed E-state index contributed by atoms with van der Waals surface area (Å²) in [5.74, 6) is -0.407. The predicted octanol–water partition coefficient (Wildman–Crippen LogP) is 3.17. The zero-order valence-electron chi connectivity index (χ0n) is 13.9. The lowest BCUT2D eigenvalue weighted by atomic mass is 10.1. The van der Waals surface area contributed by atoms with Crippen LogP contribution < -0.4 is 15.4 Å². The molecule has 0 bridgehead atoms. The Balaban J connectivity index is 1.90. The molecular weight excluding hydrogens is 349 g/mol. The summed E-state index contributed by atoms with van der Waals surface area (Å²) >= 11 is 0. The number of carbonyl (C=O) groups excluding carboxylic acids is 2. The second-order valence-corrected chi connectivity index (χ2v) is 5.45. The minimum Gasteiger partial charge on any atom is -0.497 e. The predicted molar refractivity (Wildman–Crippen MR) is 90.2 cm³/mol. The zero-order valence-corrected chi connectivity index (χ0v) is 13.9. The van der Waals surface area contributed by atoms with E-state index in [1.807, 2.05) is 0 Å². The molecule has 0 aliphatic rings. The summed E-state index contributed by atoms with van der Waals surface area (Å²) < 4.78 is 41.2. The van der Waals surface area contributed by atoms with Crippen LogP contribution in [-0.2, 0) is 11.2 Å². The topological polar surface area (TPSA) is 67.4 Å². The third kappa shape index (κ3) is 6.12. The van der Waals surface area contributed by atoms with Gasteiger partial charge in [-0.25, -0.2) is 0 Å². The van der Waals surface area contributed by atoms with Crippen LogP contribution in [0.2, 0.25) is 0 Å². The van der Waals surface area contributed by atoms with E-state index in [0.29, 0.717) is 22.6 Å². The molecular formula is C18H17F3N2O3. The molecule has 138 valence electrons. The van der Waals surface area contributed by atoms with E-state index in [-0.39, 0.29) is 12.3 Å². The highest BCUT2D eigenvalue weighted by Crippen LogP contribution is 2.15. The standard InChI is InChI=1S/C18H17F3N2O3/c1-26-15-8-4-13(5-9-15)17(25)23-14-6-2-12(3-7-14)10-16(24)22-11-18(19,20)21/h2-9H,10-11H2,1H3,(H,22,24)(H,23,25). The van der Waals surface area contributed by atoms with Crippen molar-refractivity contribution in [3.8, 4) is 5.75 Å². The quantitative estimate of drug-likeness (QED) is 0.825. The smallest absolute Gasteiger partial charge is 0.405 e. The molecule has 2 rings (SSSR count). The van der Waals surface area contributed by atoms with Gasteiger partial charge in [0.1, 0.15) is 12.3 Å². The fourth-order valence-corrected chi connectivity index (χ4v) is 2.10. The molecule has 2 N–H and O–H groups in total. The van der Waals surface area contributed by atoms with Crippen molar-refractivity contribution >= 4 is 17.5 Å². The average Bonchev–Trinajstić information content (AvgIpc) is 2.61. The minimum absolute atomic E-state index is 0.178. The Kier molecular flexibility index (Phi) is 6.21. The van der Waals surface area contributed by atoms with Gasteiger partial charge in [-0.05, 0) is 42.0 Å². The van der Waals surface area contributed by atoms with Crippen LogP contribution in [0.1, 0.15) is 15.9 Å². The van der Waals surface area contributed by atoms with Crippen LogP contribution in [0.3, 0.4) is 0 Å². The number of benzene rings is 2. The summed E-state index contributed by atoms with van der Waals surface area (Å²) in [7, 11) is 1.53. The van der Waals surface area contributed by atoms with Crippen LogP contribution in [0.5, 0.6) is 5.75 Å². The van der Waals surface area contributed by atoms with Crippen LogP contribution in [0, 0.1) is 0 Å². The molecule has 8 heteroatoms. The number of anilines is 1. The zero-order chi connectivity index (χ0) is 19.2. The summed E-state index contributed by atoms with van der Waals surface area (Å²) in [6.07, 6.45) is -4.62. The first kappa shape index (κ1) is 19.3. The lowest BCUT2D eigenvalue weighted by molar-refractivity contribution is -0.138. The number of hydrogen-bond donors (Lipinski definition) is 2. The Morgan fingerprint density at radius 3 is 2.15 bits per heavy atom. The maximum atomic E-state index is 12.1. The van der Waals surface area contributed by atoms with Gasteiger partial charge in [-0.3, -0.25) is 9.59 Å². The fourth-order valence-electron chi connectivity index (χ4n) is 2.10. The van der Waals surface area contributed by atoms with Crippen molar-refractivity contribution in [1.82, 2.24) is 5.32 Å². The van der Waals surface area contributed by atoms with Crippen LogP contribution in [0.15, 0.2) is 48.5 Å². The number of hydrogen-bond acceptors (Lipinski definition) is 3. The molecule has 2 amide bonds. The molecule has 0 atom stereocenters. The molecule has 5 nitrogen and oxygen atoms in total. The largest absolute Gasteiger partial charge is 0.497 e. The van der Waals surface area contributed by atoms with Crippen molar-refractivity contribution in [3.05, 3.63) is 59.7 Å². The lowest BCUT2D eigenvalue weighted by Crippen LogP contribution is -2.34. The van der Waals surface area contributed by atoms with Crippen LogP contribution in [0.4, 0.5) is 18.9 Å². The van der Waals surface area contributed by atoms with Crippen LogP contribution >= 0.6 is 0 Å². The van der Waals surface area contributed by atoms with E-state index in [1.54, 1.807) is 53.8 Å².